The highest BCUT2D eigenvalue weighted by atomic mass is 16.1. The van der Waals surface area contributed by atoms with Gasteiger partial charge in [-0.2, -0.15) is 5.10 Å². The van der Waals surface area contributed by atoms with Crippen LogP contribution in [0.15, 0.2) is 67.4 Å². The molecular formula is C25H19N9O. The number of hydrogen-bond donors (Lipinski definition) is 3. The number of amides is 1. The Kier molecular flexibility index (Phi) is 4.95. The van der Waals surface area contributed by atoms with Crippen molar-refractivity contribution in [2.24, 2.45) is 0 Å². The number of hydrogen-bond acceptors (Lipinski definition) is 7. The molecule has 0 radical (unpaired) electrons. The maximum atomic E-state index is 11.6. The van der Waals surface area contributed by atoms with E-state index in [2.05, 4.69) is 40.4 Å². The molecule has 0 fully saturated rings. The van der Waals surface area contributed by atoms with E-state index in [-0.39, 0.29) is 5.91 Å². The summed E-state index contributed by atoms with van der Waals surface area (Å²) in [6, 6.07) is 11.5. The largest absolute Gasteiger partial charge is 0.321 e. The predicted molar refractivity (Wildman–Crippen MR) is 132 cm³/mol. The van der Waals surface area contributed by atoms with E-state index in [4.69, 9.17) is 4.98 Å². The third-order valence-corrected chi connectivity index (χ3v) is 5.70. The molecule has 6 aromatic rings. The monoisotopic (exact) mass is 461 g/mol. The second-order valence-corrected chi connectivity index (χ2v) is 7.90. The highest BCUT2D eigenvalue weighted by Gasteiger charge is 2.17. The highest BCUT2D eigenvalue weighted by Crippen LogP contribution is 2.31. The lowest BCUT2D eigenvalue weighted by molar-refractivity contribution is -0.115. The van der Waals surface area contributed by atoms with Gasteiger partial charge in [0.05, 0.1) is 5.39 Å². The normalized spacial score (nSPS) is 11.2. The summed E-state index contributed by atoms with van der Waals surface area (Å²) in [5.41, 5.74) is 6.41. The number of imidazole rings is 1. The Morgan fingerprint density at radius 1 is 0.914 bits per heavy atom. The number of pyridine rings is 4. The molecule has 0 spiro atoms. The van der Waals surface area contributed by atoms with E-state index in [1.54, 1.807) is 44.0 Å². The van der Waals surface area contributed by atoms with Crippen LogP contribution >= 0.6 is 0 Å². The van der Waals surface area contributed by atoms with Crippen molar-refractivity contribution in [2.45, 2.75) is 13.3 Å². The first-order valence-corrected chi connectivity index (χ1v) is 11.1. The van der Waals surface area contributed by atoms with Crippen LogP contribution in [0.1, 0.15) is 13.3 Å². The van der Waals surface area contributed by atoms with Gasteiger partial charge in [-0.05, 0) is 42.0 Å². The summed E-state index contributed by atoms with van der Waals surface area (Å²) in [7, 11) is 0. The summed E-state index contributed by atoms with van der Waals surface area (Å²) in [6.07, 6.45) is 9.12. The number of carbonyl (C=O) groups is 1. The summed E-state index contributed by atoms with van der Waals surface area (Å²) < 4.78 is 0. The number of H-pyrrole nitrogens is 2. The van der Waals surface area contributed by atoms with Crippen molar-refractivity contribution in [3.05, 3.63) is 67.4 Å². The minimum Gasteiger partial charge on any atom is -0.321 e. The van der Waals surface area contributed by atoms with Crippen LogP contribution in [0, 0.1) is 0 Å². The number of carbonyl (C=O) groups excluding carboxylic acids is 1. The quantitative estimate of drug-likeness (QED) is 0.346. The average molecular weight is 461 g/mol. The van der Waals surface area contributed by atoms with E-state index in [9.17, 15) is 4.79 Å². The zero-order valence-electron chi connectivity index (χ0n) is 18.6. The lowest BCUT2D eigenvalue weighted by Crippen LogP contribution is -2.10. The van der Waals surface area contributed by atoms with Gasteiger partial charge in [0.1, 0.15) is 17.0 Å². The van der Waals surface area contributed by atoms with Gasteiger partial charge in [0.25, 0.3) is 0 Å². The van der Waals surface area contributed by atoms with Crippen LogP contribution in [-0.2, 0) is 4.79 Å². The third-order valence-electron chi connectivity index (χ3n) is 5.70. The van der Waals surface area contributed by atoms with E-state index in [1.165, 1.54) is 0 Å². The lowest BCUT2D eigenvalue weighted by Gasteiger charge is -2.05. The van der Waals surface area contributed by atoms with E-state index >= 15 is 0 Å². The molecule has 0 aliphatic carbocycles. The van der Waals surface area contributed by atoms with E-state index in [0.29, 0.717) is 35.1 Å². The fourth-order valence-corrected chi connectivity index (χ4v) is 3.90. The molecule has 3 N–H and O–H groups in total. The molecule has 6 aromatic heterocycles. The summed E-state index contributed by atoms with van der Waals surface area (Å²) in [5.74, 6) is 1.03. The van der Waals surface area contributed by atoms with E-state index < -0.39 is 0 Å². The zero-order valence-corrected chi connectivity index (χ0v) is 18.6. The first-order valence-electron chi connectivity index (χ1n) is 11.1. The summed E-state index contributed by atoms with van der Waals surface area (Å²) in [4.78, 5) is 37.1. The number of anilines is 1. The van der Waals surface area contributed by atoms with Gasteiger partial charge in [-0.25, -0.2) is 19.9 Å². The van der Waals surface area contributed by atoms with Crippen molar-refractivity contribution >= 4 is 33.9 Å². The molecule has 6 heterocycles. The van der Waals surface area contributed by atoms with E-state index in [0.717, 1.165) is 33.2 Å². The Bertz CT molecular complexity index is 1670. The van der Waals surface area contributed by atoms with Gasteiger partial charge in [0.15, 0.2) is 17.1 Å². The van der Waals surface area contributed by atoms with Crippen LogP contribution in [0.5, 0.6) is 0 Å². The summed E-state index contributed by atoms with van der Waals surface area (Å²) >= 11 is 0. The Hall–Kier alpha value is -4.99. The standard InChI is InChI=1S/C25H19N9O/c1-2-20(35)30-19-4-3-15(12-28-19)16-11-18-22(33-34-23(18)29-13-16)25-31-21-17(7-10-27-24(21)32-25)14-5-8-26-9-6-14/h3-13H,2H2,1H3,(H,27,31,32)(H,28,30,35)(H,29,33,34). The third kappa shape index (κ3) is 3.76. The SMILES string of the molecule is CCC(=O)Nc1ccc(-c2cnc3[nH]nc(-c4nc5c(-c6ccncc6)ccnc5[nH]4)c3c2)cn1. The van der Waals surface area contributed by atoms with Crippen molar-refractivity contribution in [3.63, 3.8) is 0 Å². The molecular weight excluding hydrogens is 442 g/mol. The van der Waals surface area contributed by atoms with Gasteiger partial charge in [-0.3, -0.25) is 14.9 Å². The number of aromatic nitrogens is 8. The topological polar surface area (TPSA) is 138 Å². The molecule has 0 saturated carbocycles. The van der Waals surface area contributed by atoms with Crippen molar-refractivity contribution in [2.75, 3.05) is 5.32 Å². The van der Waals surface area contributed by atoms with Gasteiger partial charge in [0.2, 0.25) is 5.91 Å². The van der Waals surface area contributed by atoms with Crippen LogP contribution in [0.2, 0.25) is 0 Å². The maximum absolute atomic E-state index is 11.6. The molecule has 0 unspecified atom stereocenters. The zero-order chi connectivity index (χ0) is 23.8. The molecule has 0 bridgehead atoms. The van der Waals surface area contributed by atoms with Crippen molar-refractivity contribution in [1.29, 1.82) is 0 Å². The average Bonchev–Trinajstić information content (AvgIpc) is 3.53. The van der Waals surface area contributed by atoms with Crippen LogP contribution in [-0.4, -0.2) is 46.0 Å². The highest BCUT2D eigenvalue weighted by molar-refractivity contribution is 5.96. The van der Waals surface area contributed by atoms with Crippen molar-refractivity contribution in [1.82, 2.24) is 40.1 Å². The molecule has 0 atom stereocenters. The van der Waals surface area contributed by atoms with Gasteiger partial charge >= 0.3 is 0 Å². The van der Waals surface area contributed by atoms with Gasteiger partial charge in [0, 0.05) is 54.1 Å². The minimum atomic E-state index is -0.0798. The van der Waals surface area contributed by atoms with Crippen molar-refractivity contribution < 1.29 is 4.79 Å². The lowest BCUT2D eigenvalue weighted by atomic mass is 10.1. The summed E-state index contributed by atoms with van der Waals surface area (Å²) in [5, 5.41) is 11.0. The number of nitrogens with one attached hydrogen (secondary N) is 3. The second-order valence-electron chi connectivity index (χ2n) is 7.90. The molecule has 35 heavy (non-hydrogen) atoms. The maximum Gasteiger partial charge on any atom is 0.225 e. The Morgan fingerprint density at radius 3 is 2.57 bits per heavy atom. The van der Waals surface area contributed by atoms with Crippen molar-refractivity contribution in [3.8, 4) is 33.8 Å². The van der Waals surface area contributed by atoms with Gasteiger partial charge < -0.3 is 10.3 Å². The Balaban J connectivity index is 1.40. The molecule has 0 aliphatic heterocycles. The van der Waals surface area contributed by atoms with Crippen LogP contribution in [0.3, 0.4) is 0 Å². The molecule has 0 aliphatic rings. The van der Waals surface area contributed by atoms with Crippen LogP contribution < -0.4 is 5.32 Å². The Labute approximate surface area is 198 Å². The number of aromatic amines is 2. The second kappa shape index (κ2) is 8.41. The molecule has 0 aromatic carbocycles. The van der Waals surface area contributed by atoms with Gasteiger partial charge in [-0.1, -0.05) is 6.92 Å². The van der Waals surface area contributed by atoms with Crippen LogP contribution in [0.4, 0.5) is 5.82 Å². The number of rotatable bonds is 5. The number of fused-ring (bicyclic) bond motifs is 2. The molecule has 1 amide bonds. The minimum absolute atomic E-state index is 0.0798. The molecule has 0 saturated heterocycles. The van der Waals surface area contributed by atoms with E-state index in [1.807, 2.05) is 30.3 Å². The molecule has 170 valence electrons. The van der Waals surface area contributed by atoms with Gasteiger partial charge in [-0.15, -0.1) is 0 Å². The first-order chi connectivity index (χ1) is 17.2. The number of nitrogens with zero attached hydrogens (tertiary/aromatic N) is 6. The molecule has 10 nitrogen and oxygen atoms in total. The molecule has 10 heteroatoms. The van der Waals surface area contributed by atoms with Crippen LogP contribution in [0.25, 0.3) is 56.0 Å². The summed E-state index contributed by atoms with van der Waals surface area (Å²) in [6.45, 7) is 1.80. The first kappa shape index (κ1) is 20.6. The fourth-order valence-electron chi connectivity index (χ4n) is 3.90. The Morgan fingerprint density at radius 2 is 1.77 bits per heavy atom. The predicted octanol–water partition coefficient (Wildman–Crippen LogP) is 4.37. The fraction of sp³-hybridized carbons (Fsp3) is 0.0800. The smallest absolute Gasteiger partial charge is 0.225 e. The molecule has 6 rings (SSSR count).